The molecule has 0 radical (unpaired) electrons. The maximum absolute atomic E-state index is 5.61. The number of benzene rings is 1. The third kappa shape index (κ3) is 3.51. The second kappa shape index (κ2) is 5.36. The Labute approximate surface area is 113 Å². The highest BCUT2D eigenvalue weighted by molar-refractivity contribution is 5.32. The van der Waals surface area contributed by atoms with Crippen molar-refractivity contribution in [2.24, 2.45) is 5.73 Å². The van der Waals surface area contributed by atoms with Crippen molar-refractivity contribution in [3.8, 4) is 11.8 Å². The lowest BCUT2D eigenvalue weighted by Gasteiger charge is -2.18. The lowest BCUT2D eigenvalue weighted by Crippen LogP contribution is -2.10. The molecule has 0 aliphatic carbocycles. The van der Waals surface area contributed by atoms with Crippen LogP contribution in [0.1, 0.15) is 32.0 Å². The van der Waals surface area contributed by atoms with Crippen LogP contribution in [0, 0.1) is 0 Å². The van der Waals surface area contributed by atoms with E-state index in [2.05, 4.69) is 42.9 Å². The monoisotopic (exact) mass is 257 g/mol. The fourth-order valence-electron chi connectivity index (χ4n) is 1.67. The normalized spacial score (nSPS) is 11.4. The molecule has 0 spiro atoms. The van der Waals surface area contributed by atoms with Gasteiger partial charge in [-0.15, -0.1) is 0 Å². The van der Waals surface area contributed by atoms with Gasteiger partial charge in [-0.3, -0.25) is 0 Å². The Morgan fingerprint density at radius 2 is 1.79 bits per heavy atom. The summed E-state index contributed by atoms with van der Waals surface area (Å²) >= 11 is 0. The standard InChI is InChI=1S/C15H19N3O/c1-15(2,3)11-4-6-13(7-5-11)19-14-17-9-8-12(10-16)18-14/h4-9H,10,16H2,1-3H3. The molecular weight excluding hydrogens is 238 g/mol. The van der Waals surface area contributed by atoms with Crippen molar-refractivity contribution in [3.05, 3.63) is 47.8 Å². The molecule has 0 fully saturated rings. The van der Waals surface area contributed by atoms with Gasteiger partial charge < -0.3 is 10.5 Å². The molecule has 0 aliphatic rings. The van der Waals surface area contributed by atoms with Crippen LogP contribution in [0.3, 0.4) is 0 Å². The van der Waals surface area contributed by atoms with Crippen LogP contribution in [-0.4, -0.2) is 9.97 Å². The zero-order valence-electron chi connectivity index (χ0n) is 11.6. The minimum Gasteiger partial charge on any atom is -0.424 e. The van der Waals surface area contributed by atoms with Gasteiger partial charge in [0.2, 0.25) is 0 Å². The number of nitrogens with two attached hydrogens (primary N) is 1. The van der Waals surface area contributed by atoms with E-state index >= 15 is 0 Å². The Hall–Kier alpha value is -1.94. The Balaban J connectivity index is 2.15. The first-order valence-electron chi connectivity index (χ1n) is 6.29. The molecule has 0 amide bonds. The van der Waals surface area contributed by atoms with Crippen LogP contribution in [0.4, 0.5) is 0 Å². The number of rotatable bonds is 3. The number of aromatic nitrogens is 2. The molecule has 1 aromatic carbocycles. The number of nitrogens with zero attached hydrogens (tertiary/aromatic N) is 2. The molecule has 2 aromatic rings. The molecule has 4 heteroatoms. The van der Waals surface area contributed by atoms with Gasteiger partial charge in [-0.1, -0.05) is 32.9 Å². The lowest BCUT2D eigenvalue weighted by atomic mass is 9.87. The minimum atomic E-state index is 0.133. The highest BCUT2D eigenvalue weighted by Gasteiger charge is 2.13. The second-order valence-corrected chi connectivity index (χ2v) is 5.41. The van der Waals surface area contributed by atoms with E-state index in [4.69, 9.17) is 10.5 Å². The highest BCUT2D eigenvalue weighted by atomic mass is 16.5. The van der Waals surface area contributed by atoms with Gasteiger partial charge >= 0.3 is 6.01 Å². The van der Waals surface area contributed by atoms with E-state index in [9.17, 15) is 0 Å². The predicted octanol–water partition coefficient (Wildman–Crippen LogP) is 3.03. The van der Waals surface area contributed by atoms with Crippen LogP contribution < -0.4 is 10.5 Å². The molecule has 1 heterocycles. The predicted molar refractivity (Wildman–Crippen MR) is 75.1 cm³/mol. The van der Waals surface area contributed by atoms with Crippen LogP contribution in [0.25, 0.3) is 0 Å². The van der Waals surface area contributed by atoms with Gasteiger partial charge in [-0.05, 0) is 29.2 Å². The molecule has 1 aromatic heterocycles. The number of hydrogen-bond donors (Lipinski definition) is 1. The van der Waals surface area contributed by atoms with Gasteiger partial charge in [0.05, 0.1) is 5.69 Å². The van der Waals surface area contributed by atoms with E-state index in [0.29, 0.717) is 12.6 Å². The first-order chi connectivity index (χ1) is 8.99. The fraction of sp³-hybridized carbons (Fsp3) is 0.333. The summed E-state index contributed by atoms with van der Waals surface area (Å²) in [5, 5.41) is 0. The van der Waals surface area contributed by atoms with Gasteiger partial charge in [-0.2, -0.15) is 4.98 Å². The maximum Gasteiger partial charge on any atom is 0.322 e. The molecule has 0 aliphatic heterocycles. The van der Waals surface area contributed by atoms with Crippen molar-refractivity contribution >= 4 is 0 Å². The van der Waals surface area contributed by atoms with Crippen LogP contribution >= 0.6 is 0 Å². The maximum atomic E-state index is 5.61. The average molecular weight is 257 g/mol. The third-order valence-electron chi connectivity index (χ3n) is 2.83. The molecule has 2 N–H and O–H groups in total. The number of hydrogen-bond acceptors (Lipinski definition) is 4. The molecule has 4 nitrogen and oxygen atoms in total. The smallest absolute Gasteiger partial charge is 0.322 e. The molecule has 19 heavy (non-hydrogen) atoms. The fourth-order valence-corrected chi connectivity index (χ4v) is 1.67. The summed E-state index contributed by atoms with van der Waals surface area (Å²) in [5.41, 5.74) is 7.69. The number of ether oxygens (including phenoxy) is 1. The van der Waals surface area contributed by atoms with Crippen LogP contribution in [0.15, 0.2) is 36.5 Å². The third-order valence-corrected chi connectivity index (χ3v) is 2.83. The Morgan fingerprint density at radius 1 is 1.11 bits per heavy atom. The molecule has 0 saturated heterocycles. The van der Waals surface area contributed by atoms with Crippen molar-refractivity contribution in [1.82, 2.24) is 9.97 Å². The Morgan fingerprint density at radius 3 is 2.37 bits per heavy atom. The van der Waals surface area contributed by atoms with Crippen LogP contribution in [-0.2, 0) is 12.0 Å². The van der Waals surface area contributed by atoms with E-state index in [1.54, 1.807) is 12.3 Å². The molecule has 0 bridgehead atoms. The SMILES string of the molecule is CC(C)(C)c1ccc(Oc2nccc(CN)n2)cc1. The first kappa shape index (κ1) is 13.5. The molecule has 100 valence electrons. The van der Waals surface area contributed by atoms with Gasteiger partial charge in [0.15, 0.2) is 0 Å². The first-order valence-corrected chi connectivity index (χ1v) is 6.29. The summed E-state index contributed by atoms with van der Waals surface area (Å²) in [6, 6.07) is 10.1. The summed E-state index contributed by atoms with van der Waals surface area (Å²) in [4.78, 5) is 8.26. The van der Waals surface area contributed by atoms with Crippen molar-refractivity contribution in [2.75, 3.05) is 0 Å². The van der Waals surface area contributed by atoms with Gasteiger partial charge in [0.25, 0.3) is 0 Å². The zero-order valence-corrected chi connectivity index (χ0v) is 11.6. The minimum absolute atomic E-state index is 0.133. The van der Waals surface area contributed by atoms with E-state index in [1.807, 2.05) is 12.1 Å². The zero-order chi connectivity index (χ0) is 13.9. The van der Waals surface area contributed by atoms with Crippen molar-refractivity contribution in [1.29, 1.82) is 0 Å². The second-order valence-electron chi connectivity index (χ2n) is 5.41. The Bertz CT molecular complexity index is 544. The van der Waals surface area contributed by atoms with E-state index in [0.717, 1.165) is 11.4 Å². The van der Waals surface area contributed by atoms with Gasteiger partial charge in [0, 0.05) is 12.7 Å². The molecule has 0 saturated carbocycles. The van der Waals surface area contributed by atoms with Crippen LogP contribution in [0.2, 0.25) is 0 Å². The van der Waals surface area contributed by atoms with Crippen molar-refractivity contribution in [3.63, 3.8) is 0 Å². The van der Waals surface area contributed by atoms with E-state index in [-0.39, 0.29) is 5.41 Å². The summed E-state index contributed by atoms with van der Waals surface area (Å²) in [6.07, 6.45) is 1.65. The highest BCUT2D eigenvalue weighted by Crippen LogP contribution is 2.25. The van der Waals surface area contributed by atoms with E-state index in [1.165, 1.54) is 5.56 Å². The summed E-state index contributed by atoms with van der Waals surface area (Å²) in [6.45, 7) is 6.91. The molecule has 2 rings (SSSR count). The van der Waals surface area contributed by atoms with Crippen LogP contribution in [0.5, 0.6) is 11.8 Å². The van der Waals surface area contributed by atoms with Crippen molar-refractivity contribution in [2.45, 2.75) is 32.7 Å². The molecular formula is C15H19N3O. The topological polar surface area (TPSA) is 61.0 Å². The molecule has 0 atom stereocenters. The quantitative estimate of drug-likeness (QED) is 0.918. The van der Waals surface area contributed by atoms with Gasteiger partial charge in [-0.25, -0.2) is 4.98 Å². The Kier molecular flexibility index (Phi) is 3.81. The summed E-state index contributed by atoms with van der Waals surface area (Å²) in [5.74, 6) is 0.724. The summed E-state index contributed by atoms with van der Waals surface area (Å²) < 4.78 is 5.61. The summed E-state index contributed by atoms with van der Waals surface area (Å²) in [7, 11) is 0. The van der Waals surface area contributed by atoms with Crippen molar-refractivity contribution < 1.29 is 4.74 Å². The largest absolute Gasteiger partial charge is 0.424 e. The molecule has 0 unspecified atom stereocenters. The average Bonchev–Trinajstić information content (AvgIpc) is 2.38. The van der Waals surface area contributed by atoms with Gasteiger partial charge in [0.1, 0.15) is 5.75 Å². The van der Waals surface area contributed by atoms with E-state index < -0.39 is 0 Å². The lowest BCUT2D eigenvalue weighted by molar-refractivity contribution is 0.438.